The Morgan fingerprint density at radius 3 is 2.21 bits per heavy atom. The quantitative estimate of drug-likeness (QED) is 0.537. The van der Waals surface area contributed by atoms with Crippen LogP contribution in [0.1, 0.15) is 29.9 Å². The summed E-state index contributed by atoms with van der Waals surface area (Å²) in [6.45, 7) is 3.80. The number of hydrogen-bond donors (Lipinski definition) is 0. The first-order valence-electron chi connectivity index (χ1n) is 6.62. The first-order valence-corrected chi connectivity index (χ1v) is 6.62. The highest BCUT2D eigenvalue weighted by Crippen LogP contribution is 2.20. The monoisotopic (exact) mass is 246 g/mol. The third-order valence-corrected chi connectivity index (χ3v) is 3.03. The number of allylic oxidation sites excluding steroid dienone is 1. The van der Waals surface area contributed by atoms with Crippen molar-refractivity contribution >= 4 is 0 Å². The van der Waals surface area contributed by atoms with Gasteiger partial charge in [-0.15, -0.1) is 6.58 Å². The van der Waals surface area contributed by atoms with Crippen molar-refractivity contribution in [3.8, 4) is 11.8 Å². The summed E-state index contributed by atoms with van der Waals surface area (Å²) < 4.78 is 0. The molecule has 0 bridgehead atoms. The van der Waals surface area contributed by atoms with Crippen LogP contribution in [-0.4, -0.2) is 0 Å². The van der Waals surface area contributed by atoms with E-state index in [4.69, 9.17) is 0 Å². The number of hydrogen-bond acceptors (Lipinski definition) is 0. The molecule has 0 aliphatic carbocycles. The molecule has 2 aromatic carbocycles. The zero-order chi connectivity index (χ0) is 13.3. The maximum Gasteiger partial charge on any atom is 0.0459 e. The first kappa shape index (κ1) is 13.2. The number of rotatable bonds is 4. The molecule has 0 saturated carbocycles. The van der Waals surface area contributed by atoms with Crippen LogP contribution in [0.5, 0.6) is 0 Å². The second kappa shape index (κ2) is 7.24. The van der Waals surface area contributed by atoms with Crippen LogP contribution in [0.4, 0.5) is 0 Å². The van der Waals surface area contributed by atoms with Crippen LogP contribution in [-0.2, 0) is 0 Å². The standard InChI is InChI=1S/C19H18/c1-2-3-12-19(18-13-8-5-9-14-18)16-15-17-10-6-4-7-11-17/h2,4-11,13-14,19H,1,3,12H2. The van der Waals surface area contributed by atoms with Gasteiger partial charge in [0.2, 0.25) is 0 Å². The van der Waals surface area contributed by atoms with E-state index in [1.807, 2.05) is 42.5 Å². The molecular formula is C19H18. The molecule has 19 heavy (non-hydrogen) atoms. The minimum Gasteiger partial charge on any atom is -0.103 e. The SMILES string of the molecule is C=CCCC(C#Cc1ccccc1)c1ccccc1. The highest BCUT2D eigenvalue weighted by Gasteiger charge is 2.06. The van der Waals surface area contributed by atoms with Gasteiger partial charge in [0.25, 0.3) is 0 Å². The van der Waals surface area contributed by atoms with Crippen molar-refractivity contribution in [2.75, 3.05) is 0 Å². The topological polar surface area (TPSA) is 0 Å². The fraction of sp³-hybridized carbons (Fsp3) is 0.158. The molecule has 1 atom stereocenters. The molecule has 0 nitrogen and oxygen atoms in total. The summed E-state index contributed by atoms with van der Waals surface area (Å²) in [7, 11) is 0. The number of benzene rings is 2. The predicted octanol–water partition coefficient (Wildman–Crippen LogP) is 4.79. The van der Waals surface area contributed by atoms with E-state index in [1.165, 1.54) is 5.56 Å². The van der Waals surface area contributed by atoms with Gasteiger partial charge in [-0.2, -0.15) is 0 Å². The van der Waals surface area contributed by atoms with Crippen molar-refractivity contribution in [1.29, 1.82) is 0 Å². The van der Waals surface area contributed by atoms with Crippen LogP contribution in [0.25, 0.3) is 0 Å². The van der Waals surface area contributed by atoms with Gasteiger partial charge in [-0.05, 0) is 30.5 Å². The summed E-state index contributed by atoms with van der Waals surface area (Å²) in [5.74, 6) is 6.93. The summed E-state index contributed by atoms with van der Waals surface area (Å²) >= 11 is 0. The van der Waals surface area contributed by atoms with Crippen LogP contribution in [0.3, 0.4) is 0 Å². The van der Waals surface area contributed by atoms with Crippen LogP contribution < -0.4 is 0 Å². The Labute approximate surface area is 115 Å². The Kier molecular flexibility index (Phi) is 5.02. The molecule has 0 amide bonds. The average molecular weight is 246 g/mol. The molecule has 0 fully saturated rings. The van der Waals surface area contributed by atoms with Crippen molar-refractivity contribution in [1.82, 2.24) is 0 Å². The van der Waals surface area contributed by atoms with Crippen molar-refractivity contribution in [3.63, 3.8) is 0 Å². The molecule has 94 valence electrons. The lowest BCUT2D eigenvalue weighted by atomic mass is 9.94. The Morgan fingerprint density at radius 1 is 0.947 bits per heavy atom. The molecule has 1 unspecified atom stereocenters. The lowest BCUT2D eigenvalue weighted by Crippen LogP contribution is -1.95. The maximum atomic E-state index is 3.80. The lowest BCUT2D eigenvalue weighted by Gasteiger charge is -2.09. The highest BCUT2D eigenvalue weighted by molar-refractivity contribution is 5.37. The average Bonchev–Trinajstić information content (AvgIpc) is 2.49. The Hall–Kier alpha value is -2.26. The second-order valence-corrected chi connectivity index (χ2v) is 4.46. The van der Waals surface area contributed by atoms with Gasteiger partial charge in [-0.3, -0.25) is 0 Å². The normalized spacial score (nSPS) is 11.2. The van der Waals surface area contributed by atoms with E-state index in [-0.39, 0.29) is 5.92 Å². The molecular weight excluding hydrogens is 228 g/mol. The van der Waals surface area contributed by atoms with Gasteiger partial charge in [0, 0.05) is 11.5 Å². The van der Waals surface area contributed by atoms with Gasteiger partial charge < -0.3 is 0 Å². The van der Waals surface area contributed by atoms with Gasteiger partial charge in [-0.1, -0.05) is 66.4 Å². The van der Waals surface area contributed by atoms with Gasteiger partial charge in [0.1, 0.15) is 0 Å². The van der Waals surface area contributed by atoms with Gasteiger partial charge in [0.15, 0.2) is 0 Å². The molecule has 0 aliphatic heterocycles. The van der Waals surface area contributed by atoms with Gasteiger partial charge in [-0.25, -0.2) is 0 Å². The van der Waals surface area contributed by atoms with E-state index >= 15 is 0 Å². The van der Waals surface area contributed by atoms with Gasteiger partial charge in [0.05, 0.1) is 0 Å². The lowest BCUT2D eigenvalue weighted by molar-refractivity contribution is 0.771. The minimum absolute atomic E-state index is 0.277. The van der Waals surface area contributed by atoms with E-state index in [9.17, 15) is 0 Å². The Balaban J connectivity index is 2.20. The van der Waals surface area contributed by atoms with E-state index < -0.39 is 0 Å². The highest BCUT2D eigenvalue weighted by atomic mass is 14.1. The van der Waals surface area contributed by atoms with Crippen molar-refractivity contribution in [2.24, 2.45) is 0 Å². The molecule has 2 aromatic rings. The predicted molar refractivity (Wildman–Crippen MR) is 81.9 cm³/mol. The van der Waals surface area contributed by atoms with E-state index in [0.717, 1.165) is 18.4 Å². The summed E-state index contributed by atoms with van der Waals surface area (Å²) in [6.07, 6.45) is 3.97. The zero-order valence-electron chi connectivity index (χ0n) is 11.0. The second-order valence-electron chi connectivity index (χ2n) is 4.46. The van der Waals surface area contributed by atoms with E-state index in [2.05, 4.69) is 42.7 Å². The first-order chi connectivity index (χ1) is 9.40. The van der Waals surface area contributed by atoms with E-state index in [0.29, 0.717) is 0 Å². The molecule has 0 heteroatoms. The fourth-order valence-electron chi connectivity index (χ4n) is 1.98. The van der Waals surface area contributed by atoms with Crippen LogP contribution in [0.2, 0.25) is 0 Å². The molecule has 0 N–H and O–H groups in total. The summed E-state index contributed by atoms with van der Waals surface area (Å²) in [4.78, 5) is 0. The minimum atomic E-state index is 0.277. The molecule has 0 radical (unpaired) electrons. The smallest absolute Gasteiger partial charge is 0.0459 e. The summed E-state index contributed by atoms with van der Waals surface area (Å²) in [5, 5.41) is 0. The van der Waals surface area contributed by atoms with Crippen LogP contribution in [0.15, 0.2) is 73.3 Å². The summed E-state index contributed by atoms with van der Waals surface area (Å²) in [6, 6.07) is 20.6. The fourth-order valence-corrected chi connectivity index (χ4v) is 1.98. The third-order valence-electron chi connectivity index (χ3n) is 3.03. The zero-order valence-corrected chi connectivity index (χ0v) is 11.0. The third kappa shape index (κ3) is 4.16. The van der Waals surface area contributed by atoms with Crippen LogP contribution >= 0.6 is 0 Å². The largest absolute Gasteiger partial charge is 0.103 e. The van der Waals surface area contributed by atoms with Crippen molar-refractivity contribution < 1.29 is 0 Å². The van der Waals surface area contributed by atoms with E-state index in [1.54, 1.807) is 0 Å². The Morgan fingerprint density at radius 2 is 1.58 bits per heavy atom. The molecule has 0 heterocycles. The molecule has 0 aliphatic rings. The van der Waals surface area contributed by atoms with Gasteiger partial charge >= 0.3 is 0 Å². The molecule has 0 saturated heterocycles. The molecule has 2 rings (SSSR count). The molecule has 0 aromatic heterocycles. The maximum absolute atomic E-state index is 3.80. The van der Waals surface area contributed by atoms with Crippen molar-refractivity contribution in [2.45, 2.75) is 18.8 Å². The molecule has 0 spiro atoms. The Bertz CT molecular complexity index is 555. The summed E-state index contributed by atoms with van der Waals surface area (Å²) in [5.41, 5.74) is 2.36. The van der Waals surface area contributed by atoms with Crippen molar-refractivity contribution in [3.05, 3.63) is 84.4 Å². The van der Waals surface area contributed by atoms with Crippen LogP contribution in [0, 0.1) is 11.8 Å².